The van der Waals surface area contributed by atoms with Gasteiger partial charge in [0.15, 0.2) is 0 Å². The highest BCUT2D eigenvalue weighted by molar-refractivity contribution is 6.20. The van der Waals surface area contributed by atoms with Gasteiger partial charge in [0, 0.05) is 11.3 Å². The number of nitrogens with zero attached hydrogens (tertiary/aromatic N) is 3. The average Bonchev–Trinajstić information content (AvgIpc) is 2.29. The molecule has 0 fully saturated rings. The zero-order valence-corrected chi connectivity index (χ0v) is 10.7. The molecule has 0 spiro atoms. The van der Waals surface area contributed by atoms with Crippen LogP contribution in [0.25, 0.3) is 0 Å². The molecule has 0 saturated carbocycles. The van der Waals surface area contributed by atoms with Gasteiger partial charge in [-0.05, 0) is 13.3 Å². The van der Waals surface area contributed by atoms with Crippen LogP contribution in [0.3, 0.4) is 0 Å². The Labute approximate surface area is 100 Å². The molecule has 0 amide bonds. The van der Waals surface area contributed by atoms with Crippen LogP contribution >= 0.6 is 11.6 Å². The Morgan fingerprint density at radius 2 is 1.62 bits per heavy atom. The van der Waals surface area contributed by atoms with Crippen molar-refractivity contribution in [3.63, 3.8) is 0 Å². The SMILES string of the molecule is CCC(c1nc(OC)nc(OC)n1)C(C)Cl. The first-order valence-corrected chi connectivity index (χ1v) is 5.54. The van der Waals surface area contributed by atoms with Gasteiger partial charge in [-0.3, -0.25) is 0 Å². The number of methoxy groups -OCH3 is 2. The molecule has 6 heteroatoms. The van der Waals surface area contributed by atoms with E-state index in [-0.39, 0.29) is 23.3 Å². The summed E-state index contributed by atoms with van der Waals surface area (Å²) in [6.07, 6.45) is 0.848. The van der Waals surface area contributed by atoms with Crippen LogP contribution in [0.5, 0.6) is 12.0 Å². The molecule has 2 atom stereocenters. The van der Waals surface area contributed by atoms with Gasteiger partial charge in [0.1, 0.15) is 5.82 Å². The van der Waals surface area contributed by atoms with Crippen LogP contribution < -0.4 is 9.47 Å². The van der Waals surface area contributed by atoms with E-state index in [9.17, 15) is 0 Å². The van der Waals surface area contributed by atoms with E-state index in [0.29, 0.717) is 5.82 Å². The summed E-state index contributed by atoms with van der Waals surface area (Å²) >= 11 is 6.09. The van der Waals surface area contributed by atoms with Gasteiger partial charge in [0.2, 0.25) is 0 Å². The van der Waals surface area contributed by atoms with Gasteiger partial charge < -0.3 is 9.47 Å². The van der Waals surface area contributed by atoms with Gasteiger partial charge in [0.05, 0.1) is 14.2 Å². The molecule has 0 aliphatic carbocycles. The van der Waals surface area contributed by atoms with Crippen molar-refractivity contribution in [1.29, 1.82) is 0 Å². The fourth-order valence-electron chi connectivity index (χ4n) is 1.41. The fourth-order valence-corrected chi connectivity index (χ4v) is 1.70. The number of hydrogen-bond acceptors (Lipinski definition) is 5. The van der Waals surface area contributed by atoms with Crippen molar-refractivity contribution in [3.8, 4) is 12.0 Å². The Balaban J connectivity index is 3.10. The molecular weight excluding hydrogens is 230 g/mol. The van der Waals surface area contributed by atoms with Crippen LogP contribution in [0.1, 0.15) is 32.0 Å². The molecule has 0 aliphatic heterocycles. The maximum Gasteiger partial charge on any atom is 0.322 e. The molecule has 1 heterocycles. The van der Waals surface area contributed by atoms with Gasteiger partial charge in [-0.1, -0.05) is 6.92 Å². The van der Waals surface area contributed by atoms with Crippen molar-refractivity contribution < 1.29 is 9.47 Å². The number of hydrogen-bond donors (Lipinski definition) is 0. The number of aromatic nitrogens is 3. The van der Waals surface area contributed by atoms with E-state index in [1.807, 2.05) is 13.8 Å². The molecule has 0 N–H and O–H groups in total. The van der Waals surface area contributed by atoms with Crippen LogP contribution in [-0.4, -0.2) is 34.5 Å². The van der Waals surface area contributed by atoms with Gasteiger partial charge in [0.25, 0.3) is 0 Å². The monoisotopic (exact) mass is 245 g/mol. The lowest BCUT2D eigenvalue weighted by Crippen LogP contribution is -2.14. The lowest BCUT2D eigenvalue weighted by atomic mass is 10.0. The average molecular weight is 246 g/mol. The number of halogens is 1. The number of ether oxygens (including phenoxy) is 2. The molecule has 90 valence electrons. The summed E-state index contributed by atoms with van der Waals surface area (Å²) < 4.78 is 9.97. The molecular formula is C10H16ClN3O2. The summed E-state index contributed by atoms with van der Waals surface area (Å²) in [6.45, 7) is 3.95. The summed E-state index contributed by atoms with van der Waals surface area (Å²) in [5, 5.41) is -0.0539. The highest BCUT2D eigenvalue weighted by Gasteiger charge is 2.20. The van der Waals surface area contributed by atoms with Crippen molar-refractivity contribution in [2.24, 2.45) is 0 Å². The number of alkyl halides is 1. The molecule has 0 radical (unpaired) electrons. The third-order valence-corrected chi connectivity index (χ3v) is 2.61. The van der Waals surface area contributed by atoms with Gasteiger partial charge in [-0.15, -0.1) is 16.6 Å². The summed E-state index contributed by atoms with van der Waals surface area (Å²) in [4.78, 5) is 12.3. The van der Waals surface area contributed by atoms with Crippen molar-refractivity contribution >= 4 is 11.6 Å². The van der Waals surface area contributed by atoms with Crippen molar-refractivity contribution in [3.05, 3.63) is 5.82 Å². The van der Waals surface area contributed by atoms with E-state index in [2.05, 4.69) is 15.0 Å². The Morgan fingerprint density at radius 3 is 1.94 bits per heavy atom. The first-order valence-electron chi connectivity index (χ1n) is 5.10. The lowest BCUT2D eigenvalue weighted by molar-refractivity contribution is 0.333. The predicted octanol–water partition coefficient (Wildman–Crippen LogP) is 2.01. The zero-order chi connectivity index (χ0) is 12.1. The standard InChI is InChI=1S/C10H16ClN3O2/c1-5-7(6(2)11)8-12-9(15-3)14-10(13-8)16-4/h6-7H,5H2,1-4H3. The first kappa shape index (κ1) is 13.0. The lowest BCUT2D eigenvalue weighted by Gasteiger charge is -2.16. The number of rotatable bonds is 5. The third-order valence-electron chi connectivity index (χ3n) is 2.30. The normalized spacial score (nSPS) is 14.3. The topological polar surface area (TPSA) is 57.1 Å². The van der Waals surface area contributed by atoms with Crippen LogP contribution in [0, 0.1) is 0 Å². The van der Waals surface area contributed by atoms with E-state index in [1.165, 1.54) is 14.2 Å². The van der Waals surface area contributed by atoms with Crippen LogP contribution in [-0.2, 0) is 0 Å². The Kier molecular flexibility index (Phi) is 4.73. The van der Waals surface area contributed by atoms with E-state index in [1.54, 1.807) is 0 Å². The molecule has 1 rings (SSSR count). The smallest absolute Gasteiger partial charge is 0.322 e. The molecule has 16 heavy (non-hydrogen) atoms. The fraction of sp³-hybridized carbons (Fsp3) is 0.700. The second-order valence-corrected chi connectivity index (χ2v) is 4.05. The van der Waals surface area contributed by atoms with Crippen molar-refractivity contribution in [1.82, 2.24) is 15.0 Å². The highest BCUT2D eigenvalue weighted by atomic mass is 35.5. The molecule has 1 aromatic heterocycles. The maximum absolute atomic E-state index is 6.09. The van der Waals surface area contributed by atoms with E-state index >= 15 is 0 Å². The van der Waals surface area contributed by atoms with Crippen molar-refractivity contribution in [2.45, 2.75) is 31.6 Å². The van der Waals surface area contributed by atoms with E-state index < -0.39 is 0 Å². The van der Waals surface area contributed by atoms with Crippen LogP contribution in [0.15, 0.2) is 0 Å². The van der Waals surface area contributed by atoms with E-state index in [0.717, 1.165) is 6.42 Å². The minimum Gasteiger partial charge on any atom is -0.467 e. The van der Waals surface area contributed by atoms with E-state index in [4.69, 9.17) is 21.1 Å². The minimum absolute atomic E-state index is 0.0539. The molecule has 5 nitrogen and oxygen atoms in total. The summed E-state index contributed by atoms with van der Waals surface area (Å²) in [5.41, 5.74) is 0. The Hall–Kier alpha value is -1.10. The zero-order valence-electron chi connectivity index (χ0n) is 9.90. The maximum atomic E-state index is 6.09. The molecule has 0 aliphatic rings. The van der Waals surface area contributed by atoms with Gasteiger partial charge >= 0.3 is 12.0 Å². The predicted molar refractivity (Wildman–Crippen MR) is 61.3 cm³/mol. The third kappa shape index (κ3) is 2.95. The summed E-state index contributed by atoms with van der Waals surface area (Å²) in [6, 6.07) is 0.496. The van der Waals surface area contributed by atoms with Gasteiger partial charge in [-0.2, -0.15) is 9.97 Å². The Morgan fingerprint density at radius 1 is 1.12 bits per heavy atom. The minimum atomic E-state index is -0.0539. The summed E-state index contributed by atoms with van der Waals surface area (Å²) in [5.74, 6) is 0.668. The Bertz CT molecular complexity index is 325. The first-order chi connectivity index (χ1) is 7.62. The quantitative estimate of drug-likeness (QED) is 0.743. The van der Waals surface area contributed by atoms with Crippen LogP contribution in [0.2, 0.25) is 0 Å². The summed E-state index contributed by atoms with van der Waals surface area (Å²) in [7, 11) is 3.01. The highest BCUT2D eigenvalue weighted by Crippen LogP contribution is 2.25. The molecule has 0 saturated heterocycles. The second-order valence-electron chi connectivity index (χ2n) is 3.36. The van der Waals surface area contributed by atoms with Crippen LogP contribution in [0.4, 0.5) is 0 Å². The largest absolute Gasteiger partial charge is 0.467 e. The molecule has 1 aromatic rings. The van der Waals surface area contributed by atoms with Gasteiger partial charge in [-0.25, -0.2) is 0 Å². The molecule has 0 bridgehead atoms. The second kappa shape index (κ2) is 5.84. The van der Waals surface area contributed by atoms with Crippen molar-refractivity contribution in [2.75, 3.05) is 14.2 Å². The molecule has 2 unspecified atom stereocenters. The molecule has 0 aromatic carbocycles.